The molecule has 6 heteroatoms. The maximum Gasteiger partial charge on any atom is 0.417 e. The minimum absolute atomic E-state index is 0.164. The topological polar surface area (TPSA) is 35.2 Å². The molecule has 0 unspecified atom stereocenters. The van der Waals surface area contributed by atoms with E-state index in [9.17, 15) is 13.2 Å². The van der Waals surface area contributed by atoms with Crippen molar-refractivity contribution in [3.63, 3.8) is 0 Å². The molecule has 0 aromatic heterocycles. The van der Waals surface area contributed by atoms with Crippen molar-refractivity contribution in [1.82, 2.24) is 0 Å². The van der Waals surface area contributed by atoms with E-state index in [-0.39, 0.29) is 16.3 Å². The first-order chi connectivity index (χ1) is 9.88. The van der Waals surface area contributed by atoms with Crippen molar-refractivity contribution < 1.29 is 17.9 Å². The van der Waals surface area contributed by atoms with E-state index in [0.717, 1.165) is 18.9 Å². The lowest BCUT2D eigenvalue weighted by Crippen LogP contribution is -2.19. The molecule has 116 valence electrons. The number of ether oxygens (including phenoxy) is 1. The number of hydrogen-bond acceptors (Lipinski definition) is 2. The molecule has 0 atom stereocenters. The summed E-state index contributed by atoms with van der Waals surface area (Å²) >= 11 is 4.67. The fourth-order valence-corrected chi connectivity index (χ4v) is 2.81. The first kappa shape index (κ1) is 16.1. The van der Waals surface area contributed by atoms with Crippen molar-refractivity contribution in [1.29, 1.82) is 0 Å². The number of rotatable bonds is 4. The van der Waals surface area contributed by atoms with Gasteiger partial charge in [-0.05, 0) is 37.0 Å². The van der Waals surface area contributed by atoms with E-state index < -0.39 is 11.7 Å². The van der Waals surface area contributed by atoms with Crippen LogP contribution in [0, 0.1) is 5.92 Å². The summed E-state index contributed by atoms with van der Waals surface area (Å²) in [5, 5.41) is 0. The van der Waals surface area contributed by atoms with E-state index in [4.69, 9.17) is 10.5 Å². The molecule has 0 radical (unpaired) electrons. The minimum atomic E-state index is -4.50. The third-order valence-corrected chi connectivity index (χ3v) is 3.99. The number of halogens is 3. The van der Waals surface area contributed by atoms with Gasteiger partial charge in [-0.25, -0.2) is 0 Å². The maximum absolute atomic E-state index is 13.0. The zero-order valence-corrected chi connectivity index (χ0v) is 12.4. The van der Waals surface area contributed by atoms with Crippen LogP contribution in [0.1, 0.15) is 43.2 Å². The van der Waals surface area contributed by atoms with Gasteiger partial charge in [0.2, 0.25) is 0 Å². The summed E-state index contributed by atoms with van der Waals surface area (Å²) in [4.78, 5) is -0.263. The van der Waals surface area contributed by atoms with Crippen molar-refractivity contribution >= 4 is 17.2 Å². The first-order valence-electron chi connectivity index (χ1n) is 7.02. The largest absolute Gasteiger partial charge is 0.493 e. The second-order valence-corrected chi connectivity index (χ2v) is 5.82. The van der Waals surface area contributed by atoms with Gasteiger partial charge in [-0.3, -0.25) is 0 Å². The number of hydrogen-bond donors (Lipinski definition) is 1. The smallest absolute Gasteiger partial charge is 0.417 e. The maximum atomic E-state index is 13.0. The van der Waals surface area contributed by atoms with Crippen molar-refractivity contribution in [2.24, 2.45) is 11.7 Å². The molecule has 1 aliphatic rings. The highest BCUT2D eigenvalue weighted by Gasteiger charge is 2.34. The second-order valence-electron chi connectivity index (χ2n) is 5.38. The van der Waals surface area contributed by atoms with E-state index in [1.165, 1.54) is 31.4 Å². The molecule has 0 spiro atoms. The lowest BCUT2D eigenvalue weighted by Gasteiger charge is -2.22. The Hall–Kier alpha value is -1.30. The SMILES string of the molecule is NC(=S)c1ccc(OCC2CCCCC2)cc1C(F)(F)F. The lowest BCUT2D eigenvalue weighted by atomic mass is 9.90. The van der Waals surface area contributed by atoms with Gasteiger partial charge in [-0.2, -0.15) is 13.2 Å². The van der Waals surface area contributed by atoms with Gasteiger partial charge in [0.1, 0.15) is 10.7 Å². The molecule has 1 fully saturated rings. The van der Waals surface area contributed by atoms with E-state index in [2.05, 4.69) is 12.2 Å². The van der Waals surface area contributed by atoms with Gasteiger partial charge in [-0.15, -0.1) is 0 Å². The van der Waals surface area contributed by atoms with Crippen molar-refractivity contribution in [2.45, 2.75) is 38.3 Å². The van der Waals surface area contributed by atoms with E-state index in [1.54, 1.807) is 0 Å². The van der Waals surface area contributed by atoms with Crippen molar-refractivity contribution in [3.05, 3.63) is 29.3 Å². The summed E-state index contributed by atoms with van der Waals surface area (Å²) in [7, 11) is 0. The Balaban J connectivity index is 2.11. The van der Waals surface area contributed by atoms with Gasteiger partial charge in [0, 0.05) is 5.56 Å². The number of alkyl halides is 3. The Morgan fingerprint density at radius 2 is 1.90 bits per heavy atom. The van der Waals surface area contributed by atoms with Crippen LogP contribution < -0.4 is 10.5 Å². The molecule has 2 nitrogen and oxygen atoms in total. The van der Waals surface area contributed by atoms with Crippen LogP contribution >= 0.6 is 12.2 Å². The molecule has 1 aromatic rings. The summed E-state index contributed by atoms with van der Waals surface area (Å²) < 4.78 is 44.6. The van der Waals surface area contributed by atoms with Gasteiger partial charge in [0.15, 0.2) is 0 Å². The third-order valence-electron chi connectivity index (χ3n) is 3.77. The minimum Gasteiger partial charge on any atom is -0.493 e. The standard InChI is InChI=1S/C15H18F3NOS/c16-15(17,18)13-8-11(6-7-12(13)14(19)21)20-9-10-4-2-1-3-5-10/h6-8,10H,1-5,9H2,(H2,19,21). The van der Waals surface area contributed by atoms with Crippen LogP contribution in [-0.2, 0) is 6.18 Å². The van der Waals surface area contributed by atoms with Crippen LogP contribution in [-0.4, -0.2) is 11.6 Å². The summed E-state index contributed by atoms with van der Waals surface area (Å²) in [6.45, 7) is 0.462. The highest BCUT2D eigenvalue weighted by atomic mass is 32.1. The van der Waals surface area contributed by atoms with E-state index in [0.29, 0.717) is 12.5 Å². The van der Waals surface area contributed by atoms with Crippen LogP contribution in [0.25, 0.3) is 0 Å². The molecule has 1 aliphatic carbocycles. The molecule has 0 saturated heterocycles. The predicted molar refractivity (Wildman–Crippen MR) is 79.4 cm³/mol. The van der Waals surface area contributed by atoms with Crippen LogP contribution in [0.15, 0.2) is 18.2 Å². The molecule has 0 aliphatic heterocycles. The van der Waals surface area contributed by atoms with Crippen LogP contribution in [0.4, 0.5) is 13.2 Å². The first-order valence-corrected chi connectivity index (χ1v) is 7.42. The molecular weight excluding hydrogens is 299 g/mol. The van der Waals surface area contributed by atoms with Gasteiger partial charge in [-0.1, -0.05) is 31.5 Å². The zero-order valence-electron chi connectivity index (χ0n) is 11.6. The van der Waals surface area contributed by atoms with Gasteiger partial charge in [0.05, 0.1) is 12.2 Å². The lowest BCUT2D eigenvalue weighted by molar-refractivity contribution is -0.137. The average molecular weight is 317 g/mol. The molecular formula is C15H18F3NOS. The van der Waals surface area contributed by atoms with Crippen LogP contribution in [0.3, 0.4) is 0 Å². The Labute approximate surface area is 127 Å². The number of benzene rings is 1. The van der Waals surface area contributed by atoms with Gasteiger partial charge < -0.3 is 10.5 Å². The number of thiocarbonyl (C=S) groups is 1. The predicted octanol–water partition coefficient (Wildman–Crippen LogP) is 4.30. The van der Waals surface area contributed by atoms with Crippen molar-refractivity contribution in [3.8, 4) is 5.75 Å². The highest BCUT2D eigenvalue weighted by molar-refractivity contribution is 7.80. The normalized spacial score (nSPS) is 16.7. The quantitative estimate of drug-likeness (QED) is 0.841. The summed E-state index contributed by atoms with van der Waals surface area (Å²) in [6.07, 6.45) is 1.24. The monoisotopic (exact) mass is 317 g/mol. The molecule has 0 heterocycles. The highest BCUT2D eigenvalue weighted by Crippen LogP contribution is 2.35. The molecule has 21 heavy (non-hydrogen) atoms. The Bertz CT molecular complexity index is 510. The summed E-state index contributed by atoms with van der Waals surface area (Å²) in [5.41, 5.74) is 4.34. The van der Waals surface area contributed by atoms with Gasteiger partial charge >= 0.3 is 6.18 Å². The zero-order chi connectivity index (χ0) is 15.5. The molecule has 1 saturated carbocycles. The number of nitrogens with two attached hydrogens (primary N) is 1. The summed E-state index contributed by atoms with van der Waals surface area (Å²) in [5.74, 6) is 0.649. The van der Waals surface area contributed by atoms with Crippen LogP contribution in [0.2, 0.25) is 0 Å². The Kier molecular flexibility index (Phi) is 5.08. The fraction of sp³-hybridized carbons (Fsp3) is 0.533. The van der Waals surface area contributed by atoms with Gasteiger partial charge in [0.25, 0.3) is 0 Å². The molecule has 1 aromatic carbocycles. The van der Waals surface area contributed by atoms with E-state index >= 15 is 0 Å². The molecule has 2 N–H and O–H groups in total. The molecule has 0 amide bonds. The Morgan fingerprint density at radius 1 is 1.24 bits per heavy atom. The fourth-order valence-electron chi connectivity index (χ4n) is 2.63. The van der Waals surface area contributed by atoms with Crippen molar-refractivity contribution in [2.75, 3.05) is 6.61 Å². The third kappa shape index (κ3) is 4.33. The summed E-state index contributed by atoms with van der Waals surface area (Å²) in [6, 6.07) is 3.76. The molecule has 2 rings (SSSR count). The van der Waals surface area contributed by atoms with E-state index in [1.807, 2.05) is 0 Å². The Morgan fingerprint density at radius 3 is 2.48 bits per heavy atom. The molecule has 0 bridgehead atoms. The average Bonchev–Trinajstić information content (AvgIpc) is 2.45. The second kappa shape index (κ2) is 6.64. The van der Waals surface area contributed by atoms with Crippen LogP contribution in [0.5, 0.6) is 5.75 Å².